The lowest BCUT2D eigenvalue weighted by Crippen LogP contribution is -2.25. The quantitative estimate of drug-likeness (QED) is 0.504. The van der Waals surface area contributed by atoms with Crippen molar-refractivity contribution in [2.24, 2.45) is 5.92 Å². The second-order valence-electron chi connectivity index (χ2n) is 6.09. The molecule has 7 heteroatoms. The molecule has 1 aliphatic carbocycles. The van der Waals surface area contributed by atoms with Crippen LogP contribution in [0.4, 0.5) is 0 Å². The van der Waals surface area contributed by atoms with Crippen LogP contribution in [0.15, 0.2) is 22.6 Å². The summed E-state index contributed by atoms with van der Waals surface area (Å²) in [7, 11) is 1.60. The Bertz CT molecular complexity index is 854. The summed E-state index contributed by atoms with van der Waals surface area (Å²) in [6.45, 7) is 6.39. The average molecular weight is 364 g/mol. The first-order valence-corrected chi connectivity index (χ1v) is 9.84. The largest absolute Gasteiger partial charge is 0.358 e. The smallest absolute Gasteiger partial charge is 0.263 e. The Hall–Kier alpha value is -1.60. The molecule has 3 rings (SSSR count). The van der Waals surface area contributed by atoms with E-state index in [1.165, 1.54) is 22.2 Å². The molecule has 0 saturated heterocycles. The highest BCUT2D eigenvalue weighted by atomic mass is 32.2. The van der Waals surface area contributed by atoms with Crippen LogP contribution in [0.2, 0.25) is 0 Å². The number of aromatic nitrogens is 2. The van der Waals surface area contributed by atoms with E-state index < -0.39 is 0 Å². The van der Waals surface area contributed by atoms with Crippen LogP contribution in [0.25, 0.3) is 10.2 Å². The molecule has 1 aliphatic rings. The summed E-state index contributed by atoms with van der Waals surface area (Å²) in [4.78, 5) is 31.4. The summed E-state index contributed by atoms with van der Waals surface area (Å²) in [6, 6.07) is 0. The molecule has 0 aliphatic heterocycles. The summed E-state index contributed by atoms with van der Waals surface area (Å²) in [5.41, 5.74) is 1.18. The van der Waals surface area contributed by atoms with Crippen molar-refractivity contribution in [3.8, 4) is 0 Å². The number of carbonyl (C=O) groups is 1. The molecule has 24 heavy (non-hydrogen) atoms. The predicted molar refractivity (Wildman–Crippen MR) is 100 cm³/mol. The lowest BCUT2D eigenvalue weighted by Gasteiger charge is -2.17. The maximum atomic E-state index is 13.0. The fourth-order valence-electron chi connectivity index (χ4n) is 3.01. The van der Waals surface area contributed by atoms with Crippen molar-refractivity contribution in [3.63, 3.8) is 0 Å². The van der Waals surface area contributed by atoms with Crippen LogP contribution in [-0.4, -0.2) is 28.3 Å². The zero-order chi connectivity index (χ0) is 17.3. The van der Waals surface area contributed by atoms with Crippen molar-refractivity contribution in [2.45, 2.75) is 37.9 Å². The van der Waals surface area contributed by atoms with E-state index >= 15 is 0 Å². The number of amides is 1. The van der Waals surface area contributed by atoms with Gasteiger partial charge in [-0.15, -0.1) is 17.9 Å². The molecule has 0 aromatic carbocycles. The summed E-state index contributed by atoms with van der Waals surface area (Å²) < 4.78 is 1.63. The van der Waals surface area contributed by atoms with E-state index in [-0.39, 0.29) is 17.2 Å². The molecule has 0 fully saturated rings. The second kappa shape index (κ2) is 7.11. The fourth-order valence-corrected chi connectivity index (χ4v) is 5.31. The number of carbonyl (C=O) groups excluding carboxylic acids is 1. The maximum Gasteiger partial charge on any atom is 0.263 e. The summed E-state index contributed by atoms with van der Waals surface area (Å²) in [5.74, 6) is 0.815. The first-order valence-electron chi connectivity index (χ1n) is 8.04. The summed E-state index contributed by atoms with van der Waals surface area (Å²) in [5, 5.41) is 3.95. The Balaban J connectivity index is 2.11. The Kier molecular flexibility index (Phi) is 5.10. The maximum absolute atomic E-state index is 13.0. The van der Waals surface area contributed by atoms with E-state index in [2.05, 4.69) is 18.8 Å². The number of thiophene rings is 1. The number of allylic oxidation sites excluding steroid dienone is 1. The molecule has 0 unspecified atom stereocenters. The fraction of sp³-hybridized carbons (Fsp3) is 0.471. The van der Waals surface area contributed by atoms with E-state index in [0.717, 1.165) is 29.5 Å². The lowest BCUT2D eigenvalue weighted by molar-refractivity contribution is -0.118. The van der Waals surface area contributed by atoms with Gasteiger partial charge in [-0.2, -0.15) is 0 Å². The molecule has 0 spiro atoms. The first-order chi connectivity index (χ1) is 11.5. The highest BCUT2D eigenvalue weighted by Gasteiger charge is 2.24. The van der Waals surface area contributed by atoms with Crippen molar-refractivity contribution in [1.29, 1.82) is 0 Å². The van der Waals surface area contributed by atoms with Gasteiger partial charge in [0.1, 0.15) is 4.83 Å². The van der Waals surface area contributed by atoms with Crippen LogP contribution in [-0.2, 0) is 24.2 Å². The summed E-state index contributed by atoms with van der Waals surface area (Å²) in [6.07, 6.45) is 4.79. The van der Waals surface area contributed by atoms with Gasteiger partial charge < -0.3 is 5.32 Å². The molecule has 2 heterocycles. The molecular weight excluding hydrogens is 342 g/mol. The highest BCUT2D eigenvalue weighted by molar-refractivity contribution is 7.99. The molecule has 0 radical (unpaired) electrons. The van der Waals surface area contributed by atoms with Gasteiger partial charge in [-0.1, -0.05) is 24.8 Å². The Labute approximate surface area is 149 Å². The van der Waals surface area contributed by atoms with Crippen LogP contribution in [0.5, 0.6) is 0 Å². The van der Waals surface area contributed by atoms with E-state index in [9.17, 15) is 9.59 Å². The van der Waals surface area contributed by atoms with Gasteiger partial charge >= 0.3 is 0 Å². The van der Waals surface area contributed by atoms with Crippen molar-refractivity contribution in [3.05, 3.63) is 33.4 Å². The van der Waals surface area contributed by atoms with E-state index in [4.69, 9.17) is 4.98 Å². The van der Waals surface area contributed by atoms with Crippen molar-refractivity contribution < 1.29 is 4.79 Å². The van der Waals surface area contributed by atoms with Gasteiger partial charge in [-0.25, -0.2) is 4.98 Å². The number of hydrogen-bond donors (Lipinski definition) is 1. The second-order valence-corrected chi connectivity index (χ2v) is 8.12. The van der Waals surface area contributed by atoms with Gasteiger partial charge in [0.15, 0.2) is 5.16 Å². The van der Waals surface area contributed by atoms with Gasteiger partial charge in [-0.3, -0.25) is 14.2 Å². The molecule has 1 atom stereocenters. The minimum Gasteiger partial charge on any atom is -0.358 e. The number of thioether (sulfide) groups is 1. The van der Waals surface area contributed by atoms with Crippen LogP contribution in [0.3, 0.4) is 0 Å². The topological polar surface area (TPSA) is 64.0 Å². The highest BCUT2D eigenvalue weighted by Crippen LogP contribution is 2.36. The van der Waals surface area contributed by atoms with Gasteiger partial charge in [0.2, 0.25) is 5.91 Å². The first kappa shape index (κ1) is 17.2. The number of fused-ring (bicyclic) bond motifs is 3. The third kappa shape index (κ3) is 3.15. The number of rotatable bonds is 5. The zero-order valence-corrected chi connectivity index (χ0v) is 15.6. The van der Waals surface area contributed by atoms with Crippen LogP contribution < -0.4 is 10.9 Å². The zero-order valence-electron chi connectivity index (χ0n) is 13.9. The van der Waals surface area contributed by atoms with Crippen molar-refractivity contribution >= 4 is 39.2 Å². The van der Waals surface area contributed by atoms with Gasteiger partial charge in [0.25, 0.3) is 5.56 Å². The normalized spacial score (nSPS) is 16.8. The Morgan fingerprint density at radius 3 is 3.08 bits per heavy atom. The molecule has 2 aromatic heterocycles. The standard InChI is InChI=1S/C17H21N3O2S2/c1-4-7-20-16(22)14-11-6-5-10(2)8-12(11)24-15(14)19-17(20)23-9-13(21)18-3/h4,10H,1,5-9H2,2-3H3,(H,18,21)/t10-/m0/s1. The molecule has 1 amide bonds. The molecule has 0 saturated carbocycles. The van der Waals surface area contributed by atoms with Crippen LogP contribution in [0, 0.1) is 5.92 Å². The van der Waals surface area contributed by atoms with Crippen LogP contribution in [0.1, 0.15) is 23.8 Å². The SMILES string of the molecule is C=CCn1c(SCC(=O)NC)nc2sc3c(c2c1=O)CC[C@H](C)C3. The third-order valence-corrected chi connectivity index (χ3v) is 6.43. The van der Waals surface area contributed by atoms with E-state index in [1.54, 1.807) is 29.0 Å². The van der Waals surface area contributed by atoms with Gasteiger partial charge in [-0.05, 0) is 30.7 Å². The number of nitrogens with zero attached hydrogens (tertiary/aromatic N) is 2. The van der Waals surface area contributed by atoms with Gasteiger partial charge in [0.05, 0.1) is 11.1 Å². The molecule has 5 nitrogen and oxygen atoms in total. The van der Waals surface area contributed by atoms with Crippen molar-refractivity contribution in [2.75, 3.05) is 12.8 Å². The molecule has 2 aromatic rings. The number of aryl methyl sites for hydroxylation is 1. The lowest BCUT2D eigenvalue weighted by atomic mass is 9.89. The van der Waals surface area contributed by atoms with Gasteiger partial charge in [0, 0.05) is 18.5 Å². The van der Waals surface area contributed by atoms with Crippen LogP contribution >= 0.6 is 23.1 Å². The van der Waals surface area contributed by atoms with Crippen molar-refractivity contribution in [1.82, 2.24) is 14.9 Å². The number of hydrogen-bond acceptors (Lipinski definition) is 5. The molecular formula is C17H21N3O2S2. The molecule has 0 bridgehead atoms. The predicted octanol–water partition coefficient (Wildman–Crippen LogP) is 2.61. The minimum absolute atomic E-state index is 0.00800. The minimum atomic E-state index is -0.0844. The molecule has 128 valence electrons. The summed E-state index contributed by atoms with van der Waals surface area (Å²) >= 11 is 2.93. The Morgan fingerprint density at radius 1 is 1.58 bits per heavy atom. The molecule has 1 N–H and O–H groups in total. The third-order valence-electron chi connectivity index (χ3n) is 4.30. The van der Waals surface area contributed by atoms with E-state index in [0.29, 0.717) is 17.6 Å². The van der Waals surface area contributed by atoms with E-state index in [1.807, 2.05) is 0 Å². The number of nitrogens with one attached hydrogen (secondary N) is 1. The Morgan fingerprint density at radius 2 is 2.38 bits per heavy atom. The monoisotopic (exact) mass is 363 g/mol. The average Bonchev–Trinajstić information content (AvgIpc) is 2.92.